The second-order valence-electron chi connectivity index (χ2n) is 8.40. The molecule has 1 aliphatic carbocycles. The maximum Gasteiger partial charge on any atom is 0.258 e. The SMILES string of the molecule is Fc1ccc(F)c(OC2CC3(CCCN(c4cnc5cnn(CC(F)F)c5n4)C3)C2)c1. The minimum Gasteiger partial charge on any atom is -0.487 e. The third-order valence-corrected chi connectivity index (χ3v) is 6.14. The van der Waals surface area contributed by atoms with Crippen LogP contribution in [0, 0.1) is 17.0 Å². The van der Waals surface area contributed by atoms with Gasteiger partial charge in [-0.05, 0) is 43.2 Å². The van der Waals surface area contributed by atoms with Crippen LogP contribution in [0.5, 0.6) is 5.75 Å². The van der Waals surface area contributed by atoms with Gasteiger partial charge in [-0.25, -0.2) is 32.2 Å². The van der Waals surface area contributed by atoms with Gasteiger partial charge in [-0.1, -0.05) is 0 Å². The normalized spacial score (nSPS) is 23.5. The standard InChI is InChI=1S/C21H21F4N5O/c22-13-2-3-15(23)17(6-13)31-14-7-21(8-14)4-1-5-29(12-21)19-10-26-16-9-27-30(11-18(24)25)20(16)28-19/h2-3,6,9-10,14,18H,1,4-5,7-8,11-12H2. The number of alkyl halides is 2. The van der Waals surface area contributed by atoms with Crippen LogP contribution in [-0.4, -0.2) is 45.4 Å². The molecule has 10 heteroatoms. The Bertz CT molecular complexity index is 1100. The van der Waals surface area contributed by atoms with E-state index in [1.807, 2.05) is 0 Å². The van der Waals surface area contributed by atoms with E-state index in [1.165, 1.54) is 10.9 Å². The third kappa shape index (κ3) is 3.90. The van der Waals surface area contributed by atoms with Crippen molar-refractivity contribution in [3.8, 4) is 5.75 Å². The smallest absolute Gasteiger partial charge is 0.258 e. The van der Waals surface area contributed by atoms with E-state index in [9.17, 15) is 17.6 Å². The fraction of sp³-hybridized carbons (Fsp3) is 0.476. The molecule has 164 valence electrons. The van der Waals surface area contributed by atoms with E-state index in [2.05, 4.69) is 20.0 Å². The first-order valence-electron chi connectivity index (χ1n) is 10.2. The van der Waals surface area contributed by atoms with Crippen LogP contribution in [0.3, 0.4) is 0 Å². The highest BCUT2D eigenvalue weighted by molar-refractivity contribution is 5.71. The van der Waals surface area contributed by atoms with Gasteiger partial charge in [-0.15, -0.1) is 0 Å². The molecule has 1 aromatic carbocycles. The van der Waals surface area contributed by atoms with Gasteiger partial charge in [0.25, 0.3) is 6.43 Å². The van der Waals surface area contributed by atoms with Crippen LogP contribution >= 0.6 is 0 Å². The Hall–Kier alpha value is -2.91. The number of ether oxygens (including phenoxy) is 1. The molecule has 3 aromatic rings. The number of fused-ring (bicyclic) bond motifs is 1. The van der Waals surface area contributed by atoms with Gasteiger partial charge in [-0.2, -0.15) is 5.10 Å². The van der Waals surface area contributed by atoms with Crippen LogP contribution in [0.1, 0.15) is 25.7 Å². The molecule has 0 radical (unpaired) electrons. The van der Waals surface area contributed by atoms with Crippen molar-refractivity contribution >= 4 is 17.0 Å². The summed E-state index contributed by atoms with van der Waals surface area (Å²) < 4.78 is 59.7. The first kappa shape index (κ1) is 20.0. The van der Waals surface area contributed by atoms with Crippen LogP contribution in [0.15, 0.2) is 30.6 Å². The van der Waals surface area contributed by atoms with Crippen molar-refractivity contribution in [3.05, 3.63) is 42.2 Å². The van der Waals surface area contributed by atoms with E-state index in [1.54, 1.807) is 6.20 Å². The highest BCUT2D eigenvalue weighted by atomic mass is 19.3. The van der Waals surface area contributed by atoms with E-state index in [0.717, 1.165) is 57.0 Å². The monoisotopic (exact) mass is 435 g/mol. The Morgan fingerprint density at radius 2 is 2.03 bits per heavy atom. The van der Waals surface area contributed by atoms with Crippen LogP contribution in [-0.2, 0) is 6.54 Å². The van der Waals surface area contributed by atoms with E-state index < -0.39 is 24.6 Å². The van der Waals surface area contributed by atoms with E-state index in [0.29, 0.717) is 17.0 Å². The molecule has 5 rings (SSSR count). The molecule has 1 spiro atoms. The molecule has 3 heterocycles. The number of anilines is 1. The molecule has 0 atom stereocenters. The summed E-state index contributed by atoms with van der Waals surface area (Å²) in [6.07, 6.45) is 3.80. The van der Waals surface area contributed by atoms with Gasteiger partial charge < -0.3 is 9.64 Å². The average molecular weight is 435 g/mol. The van der Waals surface area contributed by atoms with Gasteiger partial charge in [0.05, 0.1) is 12.4 Å². The Morgan fingerprint density at radius 1 is 1.19 bits per heavy atom. The lowest BCUT2D eigenvalue weighted by Crippen LogP contribution is -2.54. The van der Waals surface area contributed by atoms with Crippen molar-refractivity contribution in [3.63, 3.8) is 0 Å². The van der Waals surface area contributed by atoms with Crippen LogP contribution in [0.25, 0.3) is 11.2 Å². The predicted octanol–water partition coefficient (Wildman–Crippen LogP) is 4.20. The Morgan fingerprint density at radius 3 is 2.84 bits per heavy atom. The summed E-state index contributed by atoms with van der Waals surface area (Å²) in [4.78, 5) is 11.0. The topological polar surface area (TPSA) is 56.1 Å². The van der Waals surface area contributed by atoms with Gasteiger partial charge in [0, 0.05) is 19.2 Å². The zero-order valence-corrected chi connectivity index (χ0v) is 16.6. The third-order valence-electron chi connectivity index (χ3n) is 6.14. The lowest BCUT2D eigenvalue weighted by molar-refractivity contribution is -0.0257. The first-order chi connectivity index (χ1) is 14.9. The zero-order chi connectivity index (χ0) is 21.6. The largest absolute Gasteiger partial charge is 0.487 e. The molecule has 2 aliphatic rings. The summed E-state index contributed by atoms with van der Waals surface area (Å²) in [6, 6.07) is 3.20. The van der Waals surface area contributed by atoms with Gasteiger partial charge in [0.2, 0.25) is 0 Å². The molecule has 0 N–H and O–H groups in total. The van der Waals surface area contributed by atoms with Crippen molar-refractivity contribution in [2.75, 3.05) is 18.0 Å². The molecule has 1 saturated heterocycles. The van der Waals surface area contributed by atoms with Crippen molar-refractivity contribution in [1.29, 1.82) is 0 Å². The fourth-order valence-electron chi connectivity index (χ4n) is 4.73. The highest BCUT2D eigenvalue weighted by Gasteiger charge is 2.48. The zero-order valence-electron chi connectivity index (χ0n) is 16.6. The molecule has 6 nitrogen and oxygen atoms in total. The number of aromatic nitrogens is 4. The Balaban J connectivity index is 1.28. The summed E-state index contributed by atoms with van der Waals surface area (Å²) in [7, 11) is 0. The summed E-state index contributed by atoms with van der Waals surface area (Å²) in [5, 5.41) is 3.96. The number of benzene rings is 1. The average Bonchev–Trinajstić information content (AvgIpc) is 3.11. The minimum atomic E-state index is -2.53. The van der Waals surface area contributed by atoms with Gasteiger partial charge in [-0.3, -0.25) is 0 Å². The molecule has 0 unspecified atom stereocenters. The van der Waals surface area contributed by atoms with Crippen molar-refractivity contribution in [2.24, 2.45) is 5.41 Å². The van der Waals surface area contributed by atoms with Crippen LogP contribution < -0.4 is 9.64 Å². The van der Waals surface area contributed by atoms with Crippen molar-refractivity contribution in [2.45, 2.75) is 44.8 Å². The molecule has 0 amide bonds. The molecule has 1 saturated carbocycles. The quantitative estimate of drug-likeness (QED) is 0.563. The number of nitrogens with zero attached hydrogens (tertiary/aromatic N) is 5. The predicted molar refractivity (Wildman–Crippen MR) is 105 cm³/mol. The Labute approximate surface area is 175 Å². The maximum absolute atomic E-state index is 13.9. The first-order valence-corrected chi connectivity index (χ1v) is 10.2. The second kappa shape index (κ2) is 7.65. The van der Waals surface area contributed by atoms with E-state index >= 15 is 0 Å². The summed E-state index contributed by atoms with van der Waals surface area (Å²) in [5.41, 5.74) is 0.825. The summed E-state index contributed by atoms with van der Waals surface area (Å²) in [6.45, 7) is 0.984. The van der Waals surface area contributed by atoms with Crippen molar-refractivity contribution in [1.82, 2.24) is 19.7 Å². The number of halogens is 4. The molecule has 2 fully saturated rings. The van der Waals surface area contributed by atoms with E-state index in [4.69, 9.17) is 4.74 Å². The number of hydrogen-bond donors (Lipinski definition) is 0. The molecule has 2 aromatic heterocycles. The molecular weight excluding hydrogens is 414 g/mol. The summed E-state index contributed by atoms with van der Waals surface area (Å²) >= 11 is 0. The van der Waals surface area contributed by atoms with Gasteiger partial charge in [0.1, 0.15) is 29.8 Å². The number of piperidine rings is 1. The number of rotatable bonds is 5. The lowest BCUT2D eigenvalue weighted by Gasteiger charge is -2.52. The highest BCUT2D eigenvalue weighted by Crippen LogP contribution is 2.49. The van der Waals surface area contributed by atoms with Gasteiger partial charge in [0.15, 0.2) is 17.2 Å². The van der Waals surface area contributed by atoms with Crippen LogP contribution in [0.4, 0.5) is 23.4 Å². The lowest BCUT2D eigenvalue weighted by atomic mass is 9.62. The molecule has 1 aliphatic heterocycles. The molecule has 31 heavy (non-hydrogen) atoms. The van der Waals surface area contributed by atoms with Gasteiger partial charge >= 0.3 is 0 Å². The fourth-order valence-corrected chi connectivity index (χ4v) is 4.73. The number of hydrogen-bond acceptors (Lipinski definition) is 5. The maximum atomic E-state index is 13.9. The minimum absolute atomic E-state index is 0.00652. The summed E-state index contributed by atoms with van der Waals surface area (Å²) in [5.74, 6) is -0.537. The van der Waals surface area contributed by atoms with Crippen molar-refractivity contribution < 1.29 is 22.3 Å². The molecular formula is C21H21F4N5O. The Kier molecular flexibility index (Phi) is 4.94. The van der Waals surface area contributed by atoms with Crippen LogP contribution in [0.2, 0.25) is 0 Å². The second-order valence-corrected chi connectivity index (χ2v) is 8.40. The molecule has 0 bridgehead atoms. The van der Waals surface area contributed by atoms with E-state index in [-0.39, 0.29) is 17.3 Å².